The molecule has 0 aliphatic carbocycles. The fraction of sp³-hybridized carbons (Fsp3) is 0.286. The molecule has 11 heavy (non-hydrogen) atoms. The fourth-order valence-electron chi connectivity index (χ4n) is 0.940. The van der Waals surface area contributed by atoms with Gasteiger partial charge < -0.3 is 15.0 Å². The smallest absolute Gasteiger partial charge is 0.354 e. The third-order valence-corrected chi connectivity index (χ3v) is 1.46. The van der Waals surface area contributed by atoms with Crippen molar-refractivity contribution >= 4 is 11.7 Å². The third kappa shape index (κ3) is 1.40. The lowest BCUT2D eigenvalue weighted by Gasteiger charge is -1.97. The molecule has 0 spiro atoms. The second-order valence-corrected chi connectivity index (χ2v) is 2.34. The Bertz CT molecular complexity index is 278. The summed E-state index contributed by atoms with van der Waals surface area (Å²) in [4.78, 5) is 11.0. The average molecular weight is 155 g/mol. The summed E-state index contributed by atoms with van der Waals surface area (Å²) in [6, 6.07) is 1.69. The van der Waals surface area contributed by atoms with E-state index in [0.29, 0.717) is 5.69 Å². The Morgan fingerprint density at radius 1 is 1.73 bits per heavy atom. The summed E-state index contributed by atoms with van der Waals surface area (Å²) < 4.78 is 6.23. The molecule has 1 aromatic heterocycles. The lowest BCUT2D eigenvalue weighted by molar-refractivity contribution is -0.254. The summed E-state index contributed by atoms with van der Waals surface area (Å²) in [6.07, 6.45) is 1.77. The first-order valence-electron chi connectivity index (χ1n) is 3.22. The minimum absolute atomic E-state index is 0.331. The molecule has 0 fully saturated rings. The molecule has 0 atom stereocenters. The van der Waals surface area contributed by atoms with Gasteiger partial charge in [0.2, 0.25) is 0 Å². The molecule has 60 valence electrons. The topological polar surface area (TPSA) is 58.9 Å². The van der Waals surface area contributed by atoms with E-state index in [9.17, 15) is 4.79 Å². The van der Waals surface area contributed by atoms with Crippen molar-refractivity contribution in [2.45, 2.75) is 0 Å². The highest BCUT2D eigenvalue weighted by Crippen LogP contribution is 2.07. The van der Waals surface area contributed by atoms with E-state index in [1.807, 2.05) is 0 Å². The first kappa shape index (κ1) is 7.81. The van der Waals surface area contributed by atoms with E-state index >= 15 is 0 Å². The minimum Gasteiger partial charge on any atom is -0.464 e. The number of ether oxygens (including phenoxy) is 1. The summed E-state index contributed by atoms with van der Waals surface area (Å²) >= 11 is 0. The van der Waals surface area contributed by atoms with Crippen LogP contribution in [-0.2, 0) is 11.8 Å². The molecular formula is C7H11N2O2+. The van der Waals surface area contributed by atoms with Gasteiger partial charge in [-0.25, -0.2) is 4.79 Å². The Morgan fingerprint density at radius 3 is 2.73 bits per heavy atom. The number of carbonyl (C=O) groups excluding carboxylic acids is 1. The van der Waals surface area contributed by atoms with Crippen LogP contribution < -0.4 is 5.73 Å². The van der Waals surface area contributed by atoms with Gasteiger partial charge in [0.05, 0.1) is 13.3 Å². The van der Waals surface area contributed by atoms with Crippen LogP contribution in [0.1, 0.15) is 10.5 Å². The molecule has 0 bridgehead atoms. The zero-order valence-corrected chi connectivity index (χ0v) is 6.63. The molecular weight excluding hydrogens is 144 g/mol. The van der Waals surface area contributed by atoms with Crippen LogP contribution in [-0.4, -0.2) is 17.6 Å². The van der Waals surface area contributed by atoms with Crippen molar-refractivity contribution in [2.24, 2.45) is 7.05 Å². The van der Waals surface area contributed by atoms with E-state index in [-0.39, 0.29) is 5.97 Å². The van der Waals surface area contributed by atoms with E-state index in [1.165, 1.54) is 7.11 Å². The lowest BCUT2D eigenvalue weighted by Crippen LogP contribution is -2.39. The quantitative estimate of drug-likeness (QED) is 0.565. The van der Waals surface area contributed by atoms with Crippen LogP contribution in [0, 0.1) is 0 Å². The Morgan fingerprint density at radius 2 is 2.36 bits per heavy atom. The van der Waals surface area contributed by atoms with Gasteiger partial charge in [-0.1, -0.05) is 0 Å². The molecule has 0 aliphatic rings. The predicted octanol–water partition coefficient (Wildman–Crippen LogP) is -0.315. The zero-order chi connectivity index (χ0) is 8.43. The molecule has 0 unspecified atom stereocenters. The summed E-state index contributed by atoms with van der Waals surface area (Å²) in [5.74, 6) is -0.331. The number of rotatable bonds is 1. The molecule has 0 amide bonds. The number of aryl methyl sites for hydroxylation is 1. The maximum Gasteiger partial charge on any atom is 0.354 e. The van der Waals surface area contributed by atoms with Gasteiger partial charge in [-0.3, -0.25) is 0 Å². The minimum atomic E-state index is -0.331. The summed E-state index contributed by atoms with van der Waals surface area (Å²) in [5, 5.41) is 0. The lowest BCUT2D eigenvalue weighted by atomic mass is 10.4. The van der Waals surface area contributed by atoms with Crippen LogP contribution in [0.3, 0.4) is 0 Å². The summed E-state index contributed by atoms with van der Waals surface area (Å²) in [5.41, 5.74) is 5.03. The molecule has 0 saturated carbocycles. The van der Waals surface area contributed by atoms with Crippen molar-refractivity contribution in [1.82, 2.24) is 4.57 Å². The van der Waals surface area contributed by atoms with Crippen molar-refractivity contribution < 1.29 is 15.3 Å². The highest BCUT2D eigenvalue weighted by atomic mass is 16.5. The van der Waals surface area contributed by atoms with Gasteiger partial charge in [0.1, 0.15) is 11.4 Å². The van der Waals surface area contributed by atoms with Crippen LogP contribution in [0.15, 0.2) is 12.3 Å². The number of aromatic nitrogens is 1. The maximum absolute atomic E-state index is 11.0. The molecule has 3 N–H and O–H groups in total. The number of nitrogens with zero attached hydrogens (tertiary/aromatic N) is 1. The SMILES string of the molecule is COC(=O)c1cc([NH3+])cn1C. The van der Waals surface area contributed by atoms with Crippen molar-refractivity contribution in [1.29, 1.82) is 0 Å². The van der Waals surface area contributed by atoms with Gasteiger partial charge in [0.25, 0.3) is 0 Å². The van der Waals surface area contributed by atoms with Crippen molar-refractivity contribution in [3.05, 3.63) is 18.0 Å². The molecule has 0 radical (unpaired) electrons. The number of quaternary nitrogens is 1. The number of esters is 1. The highest BCUT2D eigenvalue weighted by Gasteiger charge is 2.11. The summed E-state index contributed by atoms with van der Waals surface area (Å²) in [7, 11) is 3.14. The predicted molar refractivity (Wildman–Crippen MR) is 39.3 cm³/mol. The van der Waals surface area contributed by atoms with E-state index in [0.717, 1.165) is 5.69 Å². The van der Waals surface area contributed by atoms with Crippen molar-refractivity contribution in [3.8, 4) is 0 Å². The highest BCUT2D eigenvalue weighted by molar-refractivity contribution is 5.88. The van der Waals surface area contributed by atoms with Crippen molar-refractivity contribution in [3.63, 3.8) is 0 Å². The van der Waals surface area contributed by atoms with Gasteiger partial charge >= 0.3 is 5.97 Å². The van der Waals surface area contributed by atoms with Gasteiger partial charge in [-0.05, 0) is 0 Å². The van der Waals surface area contributed by atoms with E-state index in [2.05, 4.69) is 10.5 Å². The first-order chi connectivity index (χ1) is 5.15. The Labute approximate surface area is 64.6 Å². The van der Waals surface area contributed by atoms with Gasteiger partial charge in [0, 0.05) is 13.1 Å². The number of hydrogen-bond acceptors (Lipinski definition) is 2. The van der Waals surface area contributed by atoms with E-state index < -0.39 is 0 Å². The second-order valence-electron chi connectivity index (χ2n) is 2.34. The molecule has 0 aliphatic heterocycles. The first-order valence-corrected chi connectivity index (χ1v) is 3.22. The van der Waals surface area contributed by atoms with Crippen LogP contribution in [0.4, 0.5) is 5.69 Å². The summed E-state index contributed by atoms with van der Waals surface area (Å²) in [6.45, 7) is 0. The third-order valence-electron chi connectivity index (χ3n) is 1.46. The van der Waals surface area contributed by atoms with Gasteiger partial charge in [0.15, 0.2) is 0 Å². The van der Waals surface area contributed by atoms with Crippen LogP contribution in [0.25, 0.3) is 0 Å². The largest absolute Gasteiger partial charge is 0.464 e. The monoisotopic (exact) mass is 155 g/mol. The molecule has 0 saturated heterocycles. The number of methoxy groups -OCH3 is 1. The van der Waals surface area contributed by atoms with Gasteiger partial charge in [-0.2, -0.15) is 0 Å². The van der Waals surface area contributed by atoms with E-state index in [1.54, 1.807) is 23.9 Å². The van der Waals surface area contributed by atoms with Crippen LogP contribution in [0.2, 0.25) is 0 Å². The zero-order valence-electron chi connectivity index (χ0n) is 6.63. The molecule has 0 aromatic carbocycles. The fourth-order valence-corrected chi connectivity index (χ4v) is 0.940. The van der Waals surface area contributed by atoms with Crippen molar-refractivity contribution in [2.75, 3.05) is 7.11 Å². The van der Waals surface area contributed by atoms with Crippen LogP contribution >= 0.6 is 0 Å². The Hall–Kier alpha value is -1.29. The standard InChI is InChI=1S/C7H10N2O2/c1-9-4-5(8)3-6(9)7(10)11-2/h3-4H,8H2,1-2H3/p+1. The molecule has 1 heterocycles. The number of carbonyl (C=O) groups is 1. The maximum atomic E-state index is 11.0. The average Bonchev–Trinajstić information content (AvgIpc) is 2.28. The Kier molecular flexibility index (Phi) is 1.96. The normalized spacial score (nSPS) is 9.73. The number of hydrogen-bond donors (Lipinski definition) is 1. The van der Waals surface area contributed by atoms with E-state index in [4.69, 9.17) is 0 Å². The van der Waals surface area contributed by atoms with Crippen LogP contribution in [0.5, 0.6) is 0 Å². The van der Waals surface area contributed by atoms with Gasteiger partial charge in [-0.15, -0.1) is 0 Å². The second kappa shape index (κ2) is 2.75. The molecule has 4 heteroatoms. The molecule has 4 nitrogen and oxygen atoms in total. The Balaban J connectivity index is 3.03. The molecule has 1 aromatic rings. The molecule has 1 rings (SSSR count).